The van der Waals surface area contributed by atoms with Crippen LogP contribution in [0.15, 0.2) is 53.5 Å². The van der Waals surface area contributed by atoms with Crippen molar-refractivity contribution in [2.45, 2.75) is 13.8 Å². The minimum Gasteiger partial charge on any atom is -0.496 e. The first-order valence-electron chi connectivity index (χ1n) is 9.54. The summed E-state index contributed by atoms with van der Waals surface area (Å²) >= 11 is 0. The van der Waals surface area contributed by atoms with Gasteiger partial charge >= 0.3 is 0 Å². The van der Waals surface area contributed by atoms with E-state index in [4.69, 9.17) is 4.74 Å². The summed E-state index contributed by atoms with van der Waals surface area (Å²) in [6, 6.07) is 7.45. The summed E-state index contributed by atoms with van der Waals surface area (Å²) in [5.74, 6) is 0.901. The van der Waals surface area contributed by atoms with E-state index >= 15 is 0 Å². The molecule has 4 heterocycles. The maximum Gasteiger partial charge on any atom is 0.230 e. The predicted octanol–water partition coefficient (Wildman–Crippen LogP) is 3.96. The third kappa shape index (κ3) is 2.55. The summed E-state index contributed by atoms with van der Waals surface area (Å²) in [6.45, 7) is 3.97. The highest BCUT2D eigenvalue weighted by Crippen LogP contribution is 2.38. The van der Waals surface area contributed by atoms with Crippen LogP contribution in [-0.4, -0.2) is 38.1 Å². The van der Waals surface area contributed by atoms with Gasteiger partial charge < -0.3 is 9.30 Å². The molecule has 3 aromatic heterocycles. The Labute approximate surface area is 172 Å². The number of benzene rings is 1. The lowest BCUT2D eigenvalue weighted by atomic mass is 9.93. The molecule has 0 spiro atoms. The van der Waals surface area contributed by atoms with E-state index in [1.165, 1.54) is 0 Å². The monoisotopic (exact) mass is 397 g/mol. The minimum atomic E-state index is -0.180. The van der Waals surface area contributed by atoms with Crippen LogP contribution in [0.5, 0.6) is 5.75 Å². The topological polar surface area (TPSA) is 82.3 Å². The Morgan fingerprint density at radius 2 is 1.97 bits per heavy atom. The summed E-state index contributed by atoms with van der Waals surface area (Å²) in [4.78, 5) is 30.6. The Morgan fingerprint density at radius 3 is 2.63 bits per heavy atom. The third-order valence-corrected chi connectivity index (χ3v) is 5.48. The van der Waals surface area contributed by atoms with Gasteiger partial charge in [0.15, 0.2) is 5.82 Å². The number of rotatable bonds is 4. The molecule has 0 aliphatic carbocycles. The second-order valence-electron chi connectivity index (χ2n) is 7.28. The second-order valence-corrected chi connectivity index (χ2v) is 7.28. The highest BCUT2D eigenvalue weighted by atomic mass is 16.5. The van der Waals surface area contributed by atoms with E-state index in [0.29, 0.717) is 16.9 Å². The normalized spacial score (nSPS) is 13.5. The molecule has 1 aromatic carbocycles. The molecule has 7 nitrogen and oxygen atoms in total. The molecule has 0 saturated heterocycles. The molecule has 0 amide bonds. The number of fused-ring (bicyclic) bond motifs is 3. The van der Waals surface area contributed by atoms with Crippen molar-refractivity contribution in [2.75, 3.05) is 7.11 Å². The first kappa shape index (κ1) is 18.2. The Balaban J connectivity index is 1.73. The standard InChI is InChI=1S/C23H19N5O2/c1-12-20(13(2)26-12)16-8-17-15(9-19(16)30-4)21-18(11-25-17)27-23(28(21)3)22(29)14-6-5-7-24-10-14/h5-11H,1-4H3. The van der Waals surface area contributed by atoms with Crippen LogP contribution in [0.1, 0.15) is 35.6 Å². The van der Waals surface area contributed by atoms with Crippen LogP contribution < -0.4 is 4.74 Å². The van der Waals surface area contributed by atoms with Crippen molar-refractivity contribution in [2.24, 2.45) is 12.0 Å². The van der Waals surface area contributed by atoms with E-state index < -0.39 is 0 Å². The van der Waals surface area contributed by atoms with Gasteiger partial charge in [0.05, 0.1) is 24.3 Å². The van der Waals surface area contributed by atoms with Crippen molar-refractivity contribution in [3.63, 3.8) is 0 Å². The van der Waals surface area contributed by atoms with Crippen LogP contribution >= 0.6 is 0 Å². The second kappa shape index (κ2) is 6.59. The van der Waals surface area contributed by atoms with E-state index in [1.807, 2.05) is 37.6 Å². The Kier molecular flexibility index (Phi) is 3.99. The van der Waals surface area contributed by atoms with E-state index in [1.54, 1.807) is 37.8 Å². The lowest BCUT2D eigenvalue weighted by molar-refractivity contribution is 0.102. The van der Waals surface area contributed by atoms with E-state index in [9.17, 15) is 4.79 Å². The van der Waals surface area contributed by atoms with Gasteiger partial charge in [-0.3, -0.25) is 19.8 Å². The van der Waals surface area contributed by atoms with Gasteiger partial charge in [0.1, 0.15) is 11.3 Å². The zero-order valence-electron chi connectivity index (χ0n) is 17.1. The number of ketones is 1. The maximum atomic E-state index is 13.0. The number of ether oxygens (including phenoxy) is 1. The van der Waals surface area contributed by atoms with Crippen LogP contribution in [0.2, 0.25) is 0 Å². The van der Waals surface area contributed by atoms with Crippen LogP contribution in [0.25, 0.3) is 27.5 Å². The summed E-state index contributed by atoms with van der Waals surface area (Å²) in [6.07, 6.45) is 4.89. The molecule has 1 aliphatic heterocycles. The van der Waals surface area contributed by atoms with Crippen molar-refractivity contribution >= 4 is 39.0 Å². The lowest BCUT2D eigenvalue weighted by Crippen LogP contribution is -2.10. The largest absolute Gasteiger partial charge is 0.496 e. The number of allylic oxidation sites excluding steroid dienone is 2. The zero-order chi connectivity index (χ0) is 21.0. The molecule has 148 valence electrons. The molecular formula is C23H19N5O2. The van der Waals surface area contributed by atoms with Crippen LogP contribution in [0.4, 0.5) is 0 Å². The molecule has 0 fully saturated rings. The smallest absolute Gasteiger partial charge is 0.230 e. The van der Waals surface area contributed by atoms with Crippen molar-refractivity contribution in [3.05, 3.63) is 65.5 Å². The molecule has 1 aliphatic rings. The number of aryl methyl sites for hydroxylation is 1. The number of methoxy groups -OCH3 is 1. The SMILES string of the molecule is COc1cc2c(cc1C1=C(C)N=C1C)ncc1nc(C(=O)c3cccnc3)n(C)c12. The summed E-state index contributed by atoms with van der Waals surface area (Å²) in [5, 5.41) is 0.875. The van der Waals surface area contributed by atoms with Crippen LogP contribution in [0, 0.1) is 0 Å². The van der Waals surface area contributed by atoms with Gasteiger partial charge in [-0.1, -0.05) is 0 Å². The number of aliphatic imine (C=N–C) groups is 1. The van der Waals surface area contributed by atoms with E-state index in [0.717, 1.165) is 44.7 Å². The van der Waals surface area contributed by atoms with Crippen molar-refractivity contribution < 1.29 is 9.53 Å². The fourth-order valence-corrected chi connectivity index (χ4v) is 4.08. The van der Waals surface area contributed by atoms with Gasteiger partial charge in [0.2, 0.25) is 5.78 Å². The van der Waals surface area contributed by atoms with Gasteiger partial charge in [-0.2, -0.15) is 0 Å². The lowest BCUT2D eigenvalue weighted by Gasteiger charge is -2.21. The highest BCUT2D eigenvalue weighted by Gasteiger charge is 2.24. The van der Waals surface area contributed by atoms with Crippen LogP contribution in [-0.2, 0) is 7.05 Å². The highest BCUT2D eigenvalue weighted by molar-refractivity contribution is 6.29. The molecule has 30 heavy (non-hydrogen) atoms. The molecule has 5 rings (SSSR count). The first-order valence-corrected chi connectivity index (χ1v) is 9.54. The van der Waals surface area contributed by atoms with Gasteiger partial charge in [-0.15, -0.1) is 0 Å². The van der Waals surface area contributed by atoms with E-state index in [2.05, 4.69) is 19.9 Å². The fraction of sp³-hybridized carbons (Fsp3) is 0.174. The molecule has 7 heteroatoms. The molecular weight excluding hydrogens is 378 g/mol. The number of carbonyl (C=O) groups excluding carboxylic acids is 1. The summed E-state index contributed by atoms with van der Waals surface area (Å²) in [5.41, 5.74) is 6.82. The number of aromatic nitrogens is 4. The number of imidazole rings is 1. The van der Waals surface area contributed by atoms with Crippen molar-refractivity contribution in [1.82, 2.24) is 19.5 Å². The molecule has 4 aromatic rings. The molecule has 0 unspecified atom stereocenters. The van der Waals surface area contributed by atoms with Crippen molar-refractivity contribution in [3.8, 4) is 5.75 Å². The van der Waals surface area contributed by atoms with Crippen LogP contribution in [0.3, 0.4) is 0 Å². The molecule has 0 saturated carbocycles. The number of hydrogen-bond acceptors (Lipinski definition) is 6. The maximum absolute atomic E-state index is 13.0. The fourth-order valence-electron chi connectivity index (χ4n) is 4.08. The van der Waals surface area contributed by atoms with Gasteiger partial charge in [0, 0.05) is 52.9 Å². The molecule has 0 N–H and O–H groups in total. The Bertz CT molecular complexity index is 1410. The number of nitrogens with zero attached hydrogens (tertiary/aromatic N) is 5. The number of pyridine rings is 2. The summed E-state index contributed by atoms with van der Waals surface area (Å²) in [7, 11) is 3.49. The predicted molar refractivity (Wildman–Crippen MR) is 116 cm³/mol. The Hall–Kier alpha value is -3.87. The molecule has 0 radical (unpaired) electrons. The quantitative estimate of drug-likeness (QED) is 0.487. The zero-order valence-corrected chi connectivity index (χ0v) is 17.1. The van der Waals surface area contributed by atoms with E-state index in [-0.39, 0.29) is 5.78 Å². The number of hydrogen-bond donors (Lipinski definition) is 0. The third-order valence-electron chi connectivity index (χ3n) is 5.48. The van der Waals surface area contributed by atoms with Gasteiger partial charge in [0.25, 0.3) is 0 Å². The minimum absolute atomic E-state index is 0.180. The average Bonchev–Trinajstić information content (AvgIpc) is 3.10. The average molecular weight is 397 g/mol. The number of carbonyl (C=O) groups is 1. The van der Waals surface area contributed by atoms with Gasteiger partial charge in [-0.25, -0.2) is 4.98 Å². The van der Waals surface area contributed by atoms with Crippen molar-refractivity contribution in [1.29, 1.82) is 0 Å². The first-order chi connectivity index (χ1) is 14.5. The van der Waals surface area contributed by atoms with Gasteiger partial charge in [-0.05, 0) is 38.1 Å². The molecule has 0 bridgehead atoms. The molecule has 0 atom stereocenters. The summed E-state index contributed by atoms with van der Waals surface area (Å²) < 4.78 is 7.51. The Morgan fingerprint density at radius 1 is 1.13 bits per heavy atom.